The van der Waals surface area contributed by atoms with Crippen LogP contribution in [0.3, 0.4) is 0 Å². The fourth-order valence-electron chi connectivity index (χ4n) is 7.73. The quantitative estimate of drug-likeness (QED) is 0.0261. The molecule has 0 saturated heterocycles. The van der Waals surface area contributed by atoms with Crippen molar-refractivity contribution in [3.05, 3.63) is 124 Å². The number of benzene rings is 5. The summed E-state index contributed by atoms with van der Waals surface area (Å²) in [7, 11) is 0. The molecule has 0 aliphatic carbocycles. The van der Waals surface area contributed by atoms with Gasteiger partial charge in [0.1, 0.15) is 5.75 Å². The molecule has 1 heterocycles. The molecule has 6 rings (SSSR count). The minimum atomic E-state index is -4.39. The van der Waals surface area contributed by atoms with Crippen LogP contribution in [0.4, 0.5) is 17.6 Å². The number of carbonyl (C=O) groups is 1. The van der Waals surface area contributed by atoms with Crippen molar-refractivity contribution in [2.75, 3.05) is 6.61 Å². The molecule has 1 aromatic heterocycles. The molecular weight excluding hydrogens is 721 g/mol. The minimum Gasteiger partial charge on any atom is -0.486 e. The fraction of sp³-hybridized carbons (Fsp3) is 0.326. The summed E-state index contributed by atoms with van der Waals surface area (Å²) < 4.78 is 61.9. The van der Waals surface area contributed by atoms with Crippen LogP contribution < -0.4 is 4.74 Å². The molecule has 1 atom stereocenters. The predicted molar refractivity (Wildman–Crippen MR) is 217 cm³/mol. The monoisotopic (exact) mass is 767 g/mol. The van der Waals surface area contributed by atoms with E-state index < -0.39 is 24.9 Å². The highest BCUT2D eigenvalue weighted by Gasteiger charge is 2.42. The zero-order valence-electron chi connectivity index (χ0n) is 32.6. The Morgan fingerprint density at radius 2 is 1.54 bits per heavy atom. The smallest absolute Gasteiger partial charge is 0.486 e. The normalized spacial score (nSPS) is 12.9. The van der Waals surface area contributed by atoms with Gasteiger partial charge in [0.05, 0.1) is 12.4 Å². The van der Waals surface area contributed by atoms with E-state index in [4.69, 9.17) is 9.57 Å². The average molecular weight is 768 g/mol. The van der Waals surface area contributed by atoms with Crippen LogP contribution in [-0.4, -0.2) is 45.8 Å². The lowest BCUT2D eigenvalue weighted by Gasteiger charge is -2.19. The third-order valence-electron chi connectivity index (χ3n) is 10.4. The first kappa shape index (κ1) is 40.2. The second-order valence-electron chi connectivity index (χ2n) is 14.6. The van der Waals surface area contributed by atoms with Gasteiger partial charge in [-0.25, -0.2) is 8.78 Å². The van der Waals surface area contributed by atoms with E-state index >= 15 is 0 Å². The molecule has 0 spiro atoms. The number of rotatable bonds is 15. The molecule has 6 nitrogen and oxygen atoms in total. The van der Waals surface area contributed by atoms with Crippen molar-refractivity contribution in [3.63, 3.8) is 0 Å². The third kappa shape index (κ3) is 8.06. The third-order valence-corrected chi connectivity index (χ3v) is 10.4. The van der Waals surface area contributed by atoms with E-state index in [2.05, 4.69) is 29.6 Å². The SMILES string of the molecule is CCCCC(CC)Cn1c2ccc(/C(=N\OC(C)=[OH+])c3ccccc3OCC(F)(F)C(F)F)cc2c2cc(C(=O)c3c(C)cc(C)cc3C)c3ccccc3c21. The van der Waals surface area contributed by atoms with Gasteiger partial charge in [0, 0.05) is 55.6 Å². The van der Waals surface area contributed by atoms with Crippen molar-refractivity contribution < 1.29 is 36.7 Å². The first-order chi connectivity index (χ1) is 26.7. The summed E-state index contributed by atoms with van der Waals surface area (Å²) >= 11 is 0. The standard InChI is InChI=1S/C46H46F4N2O4/c1-7-9-14-31(8-2)25-52-39-20-19-32(42(51-56-30(6)53)35-17-12-13-18-40(35)55-26-46(49,50)45(47)48)23-36(39)37-24-38(33-15-10-11-16-34(33)43(37)52)44(54)41-28(4)21-27(3)22-29(41)5/h10-13,15-24,31,45H,7-9,14,25-26H2,1-6H3/p+1/b51-42+. The zero-order valence-corrected chi connectivity index (χ0v) is 32.6. The minimum absolute atomic E-state index is 0.0826. The van der Waals surface area contributed by atoms with Crippen LogP contribution in [0.5, 0.6) is 5.75 Å². The number of aryl methyl sites for hydroxylation is 3. The maximum Gasteiger partial charge on any atom is 0.515 e. The molecule has 1 N–H and O–H groups in total. The van der Waals surface area contributed by atoms with Gasteiger partial charge in [-0.1, -0.05) is 93.3 Å². The van der Waals surface area contributed by atoms with Crippen molar-refractivity contribution in [2.45, 2.75) is 86.1 Å². The summed E-state index contributed by atoms with van der Waals surface area (Å²) in [4.78, 5) is 29.9. The van der Waals surface area contributed by atoms with Gasteiger partial charge in [0.2, 0.25) is 0 Å². The van der Waals surface area contributed by atoms with E-state index in [1.165, 1.54) is 19.1 Å². The molecule has 10 heteroatoms. The summed E-state index contributed by atoms with van der Waals surface area (Å²) in [5.41, 5.74) is 6.74. The van der Waals surface area contributed by atoms with Gasteiger partial charge >= 0.3 is 18.3 Å². The van der Waals surface area contributed by atoms with E-state index in [-0.39, 0.29) is 22.8 Å². The van der Waals surface area contributed by atoms with Gasteiger partial charge in [-0.05, 0) is 80.0 Å². The van der Waals surface area contributed by atoms with Crippen molar-refractivity contribution in [1.29, 1.82) is 0 Å². The van der Waals surface area contributed by atoms with Crippen LogP contribution in [0.25, 0.3) is 32.6 Å². The van der Waals surface area contributed by atoms with Crippen molar-refractivity contribution in [3.8, 4) is 5.75 Å². The number of halogens is 4. The lowest BCUT2D eigenvalue weighted by Crippen LogP contribution is -2.34. The Morgan fingerprint density at radius 3 is 2.20 bits per heavy atom. The number of aromatic nitrogens is 1. The van der Waals surface area contributed by atoms with Crippen LogP contribution in [0.1, 0.15) is 90.2 Å². The van der Waals surface area contributed by atoms with E-state index in [1.54, 1.807) is 12.1 Å². The van der Waals surface area contributed by atoms with Gasteiger partial charge in [0.25, 0.3) is 0 Å². The Kier molecular flexibility index (Phi) is 12.0. The van der Waals surface area contributed by atoms with Crippen LogP contribution in [0.15, 0.2) is 90.1 Å². The van der Waals surface area contributed by atoms with E-state index in [0.717, 1.165) is 81.5 Å². The Morgan fingerprint density at radius 1 is 0.857 bits per heavy atom. The summed E-state index contributed by atoms with van der Waals surface area (Å²) in [6.07, 6.45) is 0.295. The highest BCUT2D eigenvalue weighted by molar-refractivity contribution is 6.27. The summed E-state index contributed by atoms with van der Waals surface area (Å²) in [6.45, 7) is 10.8. The number of fused-ring (bicyclic) bond motifs is 5. The molecule has 5 aromatic carbocycles. The Labute approximate surface area is 324 Å². The lowest BCUT2D eigenvalue weighted by molar-refractivity contribution is -0.148. The van der Waals surface area contributed by atoms with Crippen molar-refractivity contribution >= 4 is 50.0 Å². The number of nitrogens with zero attached hydrogens (tertiary/aromatic N) is 2. The molecule has 0 saturated carbocycles. The number of carbonyl (C=O) groups excluding carboxylic acids is 2. The highest BCUT2D eigenvalue weighted by atomic mass is 19.3. The van der Waals surface area contributed by atoms with Crippen LogP contribution in [0, 0.1) is 26.7 Å². The number of ketones is 1. The molecule has 0 aliphatic rings. The van der Waals surface area contributed by atoms with E-state index in [0.29, 0.717) is 22.6 Å². The summed E-state index contributed by atoms with van der Waals surface area (Å²) in [5, 5.41) is 7.62. The average Bonchev–Trinajstić information content (AvgIpc) is 3.47. The number of ether oxygens (including phenoxy) is 1. The lowest BCUT2D eigenvalue weighted by atomic mass is 9.89. The zero-order chi connectivity index (χ0) is 40.3. The van der Waals surface area contributed by atoms with Gasteiger partial charge in [-0.15, -0.1) is 4.84 Å². The van der Waals surface area contributed by atoms with E-state index in [1.807, 2.05) is 75.4 Å². The molecule has 0 aliphatic heterocycles. The van der Waals surface area contributed by atoms with E-state index in [9.17, 15) is 27.2 Å². The number of hydrogen-bond acceptors (Lipinski definition) is 4. The van der Waals surface area contributed by atoms with Gasteiger partial charge in [-0.3, -0.25) is 4.79 Å². The number of hydrogen-bond donors (Lipinski definition) is 0. The second-order valence-corrected chi connectivity index (χ2v) is 14.6. The first-order valence-corrected chi connectivity index (χ1v) is 19.0. The van der Waals surface area contributed by atoms with Crippen molar-refractivity contribution in [1.82, 2.24) is 4.57 Å². The molecule has 0 amide bonds. The van der Waals surface area contributed by atoms with Gasteiger partial charge in [0.15, 0.2) is 18.1 Å². The highest BCUT2D eigenvalue weighted by Crippen LogP contribution is 2.40. The molecule has 1 unspecified atom stereocenters. The molecule has 56 heavy (non-hydrogen) atoms. The summed E-state index contributed by atoms with van der Waals surface area (Å²) in [5.74, 6) is -4.69. The Balaban J connectivity index is 1.63. The van der Waals surface area contributed by atoms with Crippen molar-refractivity contribution in [2.24, 2.45) is 11.1 Å². The molecule has 6 aromatic rings. The predicted octanol–water partition coefficient (Wildman–Crippen LogP) is 11.9. The largest absolute Gasteiger partial charge is 0.515 e. The number of para-hydroxylation sites is 1. The Hall–Kier alpha value is -5.51. The van der Waals surface area contributed by atoms with Crippen LogP contribution in [-0.2, 0) is 11.4 Å². The van der Waals surface area contributed by atoms with Crippen LogP contribution in [0.2, 0.25) is 0 Å². The molecule has 0 fully saturated rings. The van der Waals surface area contributed by atoms with Gasteiger partial charge in [-0.2, -0.15) is 8.78 Å². The Bertz CT molecular complexity index is 2440. The van der Waals surface area contributed by atoms with Crippen LogP contribution >= 0.6 is 0 Å². The fourth-order valence-corrected chi connectivity index (χ4v) is 7.73. The number of oxime groups is 1. The second kappa shape index (κ2) is 16.7. The molecule has 292 valence electrons. The number of alkyl halides is 4. The maximum absolute atomic E-state index is 14.7. The molecule has 0 bridgehead atoms. The molecule has 0 radical (unpaired) electrons. The molecular formula is C46H47F4N2O4+. The summed E-state index contributed by atoms with van der Waals surface area (Å²) in [6, 6.07) is 25.7. The van der Waals surface area contributed by atoms with Gasteiger partial charge < -0.3 is 14.1 Å². The topological polar surface area (TPSA) is 74.2 Å². The maximum atomic E-state index is 14.7. The number of unbranched alkanes of at least 4 members (excludes halogenated alkanes) is 1. The first-order valence-electron chi connectivity index (χ1n) is 19.0.